The molecule has 186 valence electrons. The van der Waals surface area contributed by atoms with Crippen molar-refractivity contribution in [1.82, 2.24) is 19.9 Å². The fourth-order valence-corrected chi connectivity index (χ4v) is 4.24. The molecule has 5 rings (SSSR count). The number of nitrogens with one attached hydrogen (secondary N) is 2. The number of hydrogen-bond acceptors (Lipinski definition) is 8. The number of nitrogens with zero attached hydrogens (tertiary/aromatic N) is 6. The summed E-state index contributed by atoms with van der Waals surface area (Å²) in [5, 5.41) is 7.30. The van der Waals surface area contributed by atoms with Crippen molar-refractivity contribution in [3.63, 3.8) is 0 Å². The van der Waals surface area contributed by atoms with Gasteiger partial charge in [0.15, 0.2) is 0 Å². The summed E-state index contributed by atoms with van der Waals surface area (Å²) in [5.41, 5.74) is 3.10. The van der Waals surface area contributed by atoms with Gasteiger partial charge in [0, 0.05) is 31.2 Å². The van der Waals surface area contributed by atoms with Gasteiger partial charge < -0.3 is 20.4 Å². The molecule has 1 unspecified atom stereocenters. The Bertz CT molecular complexity index is 1270. The van der Waals surface area contributed by atoms with Crippen LogP contribution in [0, 0.1) is 5.82 Å². The Kier molecular flexibility index (Phi) is 7.11. The van der Waals surface area contributed by atoms with Gasteiger partial charge in [0.1, 0.15) is 11.7 Å². The highest BCUT2D eigenvalue weighted by atomic mass is 35.5. The van der Waals surface area contributed by atoms with Gasteiger partial charge in [-0.2, -0.15) is 15.0 Å². The van der Waals surface area contributed by atoms with E-state index in [9.17, 15) is 4.39 Å². The maximum absolute atomic E-state index is 13.4. The molecule has 2 aliphatic rings. The van der Waals surface area contributed by atoms with Gasteiger partial charge in [-0.1, -0.05) is 35.9 Å². The topological polar surface area (TPSA) is 81.6 Å². The molecule has 1 atom stereocenters. The Morgan fingerprint density at radius 3 is 2.33 bits per heavy atom. The van der Waals surface area contributed by atoms with E-state index in [4.69, 9.17) is 21.6 Å². The van der Waals surface area contributed by atoms with Gasteiger partial charge in [-0.05, 0) is 61.0 Å². The predicted molar refractivity (Wildman–Crippen MR) is 143 cm³/mol. The summed E-state index contributed by atoms with van der Waals surface area (Å²) in [5.74, 6) is 1.89. The van der Waals surface area contributed by atoms with Crippen LogP contribution in [0.1, 0.15) is 24.1 Å². The van der Waals surface area contributed by atoms with E-state index in [2.05, 4.69) is 37.5 Å². The molecule has 0 amide bonds. The highest BCUT2D eigenvalue weighted by Gasteiger charge is 2.20. The fourth-order valence-electron chi connectivity index (χ4n) is 4.12. The Morgan fingerprint density at radius 1 is 0.917 bits per heavy atom. The first-order valence-corrected chi connectivity index (χ1v) is 12.3. The first-order chi connectivity index (χ1) is 17.4. The molecule has 8 nitrogen and oxygen atoms in total. The standard InChI is InChI=1S/C26H28ClFN8/c1-17(18-5-9-22(28)10-6-18)30-24-32-25(34-26(33-24)36-13-11-35(2)12-14-36)31-23-15-20(16-29-23)19-3-7-21(27)8-4-19/h3-10,15,17H,11-14,16H2,1-2H3,(H2,29,30,31,32,33,34). The lowest BCUT2D eigenvalue weighted by molar-refractivity contribution is 0.311. The molecule has 2 aromatic carbocycles. The Hall–Kier alpha value is -3.56. The lowest BCUT2D eigenvalue weighted by atomic mass is 10.1. The van der Waals surface area contributed by atoms with Crippen LogP contribution in [0.2, 0.25) is 5.02 Å². The van der Waals surface area contributed by atoms with Crippen molar-refractivity contribution in [2.24, 2.45) is 4.99 Å². The SMILES string of the molecule is CC(Nc1nc(NC2=NCC(c3ccc(Cl)cc3)=C2)nc(N2CCN(C)CC2)n1)c1ccc(F)cc1. The van der Waals surface area contributed by atoms with Gasteiger partial charge in [-0.3, -0.25) is 4.99 Å². The molecule has 1 saturated heterocycles. The fraction of sp³-hybridized carbons (Fsp3) is 0.308. The molecule has 1 aromatic heterocycles. The first-order valence-electron chi connectivity index (χ1n) is 11.9. The third-order valence-electron chi connectivity index (χ3n) is 6.31. The van der Waals surface area contributed by atoms with E-state index in [0.29, 0.717) is 35.2 Å². The number of benzene rings is 2. The monoisotopic (exact) mass is 506 g/mol. The third kappa shape index (κ3) is 5.80. The van der Waals surface area contributed by atoms with Crippen LogP contribution in [0.25, 0.3) is 5.57 Å². The molecule has 0 aliphatic carbocycles. The number of hydrogen-bond donors (Lipinski definition) is 2. The average Bonchev–Trinajstić information content (AvgIpc) is 3.33. The molecule has 0 saturated carbocycles. The minimum Gasteiger partial charge on any atom is -0.348 e. The van der Waals surface area contributed by atoms with E-state index in [0.717, 1.165) is 42.9 Å². The number of anilines is 3. The minimum atomic E-state index is -0.265. The van der Waals surface area contributed by atoms with Gasteiger partial charge in [0.25, 0.3) is 0 Å². The summed E-state index contributed by atoms with van der Waals surface area (Å²) in [7, 11) is 2.11. The van der Waals surface area contributed by atoms with Crippen molar-refractivity contribution in [3.05, 3.63) is 76.6 Å². The van der Waals surface area contributed by atoms with Crippen molar-refractivity contribution in [1.29, 1.82) is 0 Å². The molecule has 0 spiro atoms. The summed E-state index contributed by atoms with van der Waals surface area (Å²) in [6.07, 6.45) is 2.00. The van der Waals surface area contributed by atoms with Crippen LogP contribution in [-0.2, 0) is 0 Å². The Labute approximate surface area is 215 Å². The van der Waals surface area contributed by atoms with Crippen molar-refractivity contribution < 1.29 is 4.39 Å². The number of aliphatic imine (C=N–C) groups is 1. The minimum absolute atomic E-state index is 0.124. The van der Waals surface area contributed by atoms with Gasteiger partial charge in [0.05, 0.1) is 12.6 Å². The Morgan fingerprint density at radius 2 is 1.61 bits per heavy atom. The normalized spacial score (nSPS) is 16.9. The van der Waals surface area contributed by atoms with Crippen molar-refractivity contribution >= 4 is 40.9 Å². The number of likely N-dealkylation sites (N-methyl/N-ethyl adjacent to an activating group) is 1. The summed E-state index contributed by atoms with van der Waals surface area (Å²) < 4.78 is 13.4. The van der Waals surface area contributed by atoms with E-state index < -0.39 is 0 Å². The smallest absolute Gasteiger partial charge is 0.234 e. The maximum atomic E-state index is 13.4. The van der Waals surface area contributed by atoms with Crippen LogP contribution in [-0.4, -0.2) is 65.5 Å². The molecule has 2 aliphatic heterocycles. The van der Waals surface area contributed by atoms with Crippen LogP contribution in [0.3, 0.4) is 0 Å². The maximum Gasteiger partial charge on any atom is 0.234 e. The van der Waals surface area contributed by atoms with Crippen molar-refractivity contribution in [3.8, 4) is 0 Å². The molecular weight excluding hydrogens is 479 g/mol. The number of rotatable bonds is 6. The lowest BCUT2D eigenvalue weighted by Crippen LogP contribution is -2.45. The molecule has 2 N–H and O–H groups in total. The third-order valence-corrected chi connectivity index (χ3v) is 6.56. The molecule has 0 bridgehead atoms. The lowest BCUT2D eigenvalue weighted by Gasteiger charge is -2.32. The molecule has 3 aromatic rings. The van der Waals surface area contributed by atoms with Crippen LogP contribution < -0.4 is 15.5 Å². The predicted octanol–water partition coefficient (Wildman–Crippen LogP) is 4.50. The number of piperazine rings is 1. The van der Waals surface area contributed by atoms with E-state index >= 15 is 0 Å². The van der Waals surface area contributed by atoms with Crippen LogP contribution in [0.15, 0.2) is 59.6 Å². The molecule has 36 heavy (non-hydrogen) atoms. The van der Waals surface area contributed by atoms with Crippen LogP contribution in [0.4, 0.5) is 22.2 Å². The zero-order valence-corrected chi connectivity index (χ0v) is 21.0. The molecule has 3 heterocycles. The summed E-state index contributed by atoms with van der Waals surface area (Å²) in [6, 6.07) is 14.0. The van der Waals surface area contributed by atoms with Gasteiger partial charge >= 0.3 is 0 Å². The summed E-state index contributed by atoms with van der Waals surface area (Å²) >= 11 is 6.03. The molecule has 10 heteroatoms. The largest absolute Gasteiger partial charge is 0.348 e. The van der Waals surface area contributed by atoms with Gasteiger partial charge in [0.2, 0.25) is 17.8 Å². The van der Waals surface area contributed by atoms with E-state index in [1.807, 2.05) is 37.3 Å². The number of amidine groups is 1. The quantitative estimate of drug-likeness (QED) is 0.509. The summed E-state index contributed by atoms with van der Waals surface area (Å²) in [4.78, 5) is 23.1. The van der Waals surface area contributed by atoms with E-state index in [1.165, 1.54) is 12.1 Å². The second kappa shape index (κ2) is 10.6. The molecule has 1 fully saturated rings. The Balaban J connectivity index is 1.38. The van der Waals surface area contributed by atoms with E-state index in [1.54, 1.807) is 12.1 Å². The zero-order valence-electron chi connectivity index (χ0n) is 20.2. The van der Waals surface area contributed by atoms with Gasteiger partial charge in [-0.25, -0.2) is 4.39 Å². The number of halogens is 2. The highest BCUT2D eigenvalue weighted by molar-refractivity contribution is 6.30. The number of aromatic nitrogens is 3. The second-order valence-electron chi connectivity index (χ2n) is 8.99. The van der Waals surface area contributed by atoms with Crippen molar-refractivity contribution in [2.45, 2.75) is 13.0 Å². The van der Waals surface area contributed by atoms with Crippen molar-refractivity contribution in [2.75, 3.05) is 55.3 Å². The summed E-state index contributed by atoms with van der Waals surface area (Å²) in [6.45, 7) is 6.07. The second-order valence-corrected chi connectivity index (χ2v) is 9.43. The highest BCUT2D eigenvalue weighted by Crippen LogP contribution is 2.24. The van der Waals surface area contributed by atoms with Crippen LogP contribution >= 0.6 is 11.6 Å². The van der Waals surface area contributed by atoms with Crippen LogP contribution in [0.5, 0.6) is 0 Å². The molecular formula is C26H28ClFN8. The average molecular weight is 507 g/mol. The first kappa shape index (κ1) is 24.1. The zero-order chi connectivity index (χ0) is 25.1. The van der Waals surface area contributed by atoms with Gasteiger partial charge in [-0.15, -0.1) is 0 Å². The van der Waals surface area contributed by atoms with E-state index in [-0.39, 0.29) is 11.9 Å². The molecule has 0 radical (unpaired) electrons.